The lowest BCUT2D eigenvalue weighted by molar-refractivity contribution is -0.274. The summed E-state index contributed by atoms with van der Waals surface area (Å²) in [7, 11) is 2.01. The molecule has 0 saturated carbocycles. The average Bonchev–Trinajstić information content (AvgIpc) is 3.03. The first kappa shape index (κ1) is 25.4. The smallest absolute Gasteiger partial charge is 0.406 e. The Balaban J connectivity index is 1.48. The second-order valence-electron chi connectivity index (χ2n) is 8.90. The lowest BCUT2D eigenvalue weighted by Crippen LogP contribution is -2.36. The van der Waals surface area contributed by atoms with Gasteiger partial charge < -0.3 is 19.9 Å². The van der Waals surface area contributed by atoms with E-state index in [-0.39, 0.29) is 24.1 Å². The van der Waals surface area contributed by atoms with Crippen LogP contribution in [0.2, 0.25) is 0 Å². The Bertz CT molecular complexity index is 1130. The van der Waals surface area contributed by atoms with Crippen molar-refractivity contribution in [3.63, 3.8) is 0 Å². The lowest BCUT2D eigenvalue weighted by Gasteiger charge is -2.28. The standard InChI is InChI=1S/C24H26F3N5O4/c1-15-22(34)32(18-3-5-19(6-4-18)36-24(25,26)27)23(35)31(15)14-17-7-10-28-13-20(17)29-21(33)16-8-11-30(2)12-9-16/h3-7,10,13,15-16H,8-9,11-12,14H2,1-2H3,(H,29,33). The molecule has 3 heterocycles. The molecule has 4 rings (SSSR count). The molecule has 12 heteroatoms. The number of nitrogens with one attached hydrogen (secondary N) is 1. The minimum Gasteiger partial charge on any atom is -0.406 e. The molecule has 1 aromatic heterocycles. The Labute approximate surface area is 205 Å². The summed E-state index contributed by atoms with van der Waals surface area (Å²) in [4.78, 5) is 47.4. The maximum atomic E-state index is 13.2. The number of amides is 4. The SMILES string of the molecule is CC1C(=O)N(c2ccc(OC(F)(F)F)cc2)C(=O)N1Cc1ccncc1NC(=O)C1CCN(C)CC1. The van der Waals surface area contributed by atoms with E-state index in [9.17, 15) is 27.6 Å². The minimum absolute atomic E-state index is 0.0308. The third-order valence-corrected chi connectivity index (χ3v) is 6.41. The number of imide groups is 1. The lowest BCUT2D eigenvalue weighted by atomic mass is 9.96. The Kier molecular flexibility index (Phi) is 7.16. The van der Waals surface area contributed by atoms with Gasteiger partial charge in [0.2, 0.25) is 5.91 Å². The van der Waals surface area contributed by atoms with Crippen molar-refractivity contribution in [2.24, 2.45) is 5.92 Å². The van der Waals surface area contributed by atoms with E-state index in [0.717, 1.165) is 43.0 Å². The number of ether oxygens (including phenoxy) is 1. The number of nitrogens with zero attached hydrogens (tertiary/aromatic N) is 4. The summed E-state index contributed by atoms with van der Waals surface area (Å²) in [5, 5.41) is 2.92. The maximum absolute atomic E-state index is 13.2. The van der Waals surface area contributed by atoms with E-state index < -0.39 is 30.1 Å². The van der Waals surface area contributed by atoms with Crippen molar-refractivity contribution in [1.82, 2.24) is 14.8 Å². The first-order chi connectivity index (χ1) is 17.0. The van der Waals surface area contributed by atoms with Crippen molar-refractivity contribution < 1.29 is 32.3 Å². The Hall–Kier alpha value is -3.67. The highest BCUT2D eigenvalue weighted by Gasteiger charge is 2.43. The number of halogens is 3. The zero-order chi connectivity index (χ0) is 26.0. The molecule has 1 unspecified atom stereocenters. The first-order valence-corrected chi connectivity index (χ1v) is 11.5. The molecule has 192 valence electrons. The summed E-state index contributed by atoms with van der Waals surface area (Å²) in [5.74, 6) is -1.22. The van der Waals surface area contributed by atoms with Crippen molar-refractivity contribution in [3.05, 3.63) is 48.3 Å². The highest BCUT2D eigenvalue weighted by atomic mass is 19.4. The molecular formula is C24H26F3N5O4. The largest absolute Gasteiger partial charge is 0.573 e. The van der Waals surface area contributed by atoms with E-state index in [2.05, 4.69) is 19.9 Å². The number of piperidine rings is 1. The molecule has 2 aromatic rings. The summed E-state index contributed by atoms with van der Waals surface area (Å²) in [6, 6.07) is 4.72. The normalized spacial score (nSPS) is 19.6. The van der Waals surface area contributed by atoms with Crippen molar-refractivity contribution in [3.8, 4) is 5.75 Å². The second-order valence-corrected chi connectivity index (χ2v) is 8.90. The zero-order valence-electron chi connectivity index (χ0n) is 19.8. The first-order valence-electron chi connectivity index (χ1n) is 11.5. The molecule has 1 N–H and O–H groups in total. The summed E-state index contributed by atoms with van der Waals surface area (Å²) in [5.41, 5.74) is 1.19. The molecule has 0 radical (unpaired) electrons. The number of alkyl halides is 3. The maximum Gasteiger partial charge on any atom is 0.573 e. The van der Waals surface area contributed by atoms with E-state index in [4.69, 9.17) is 0 Å². The number of carbonyl (C=O) groups is 3. The molecule has 0 bridgehead atoms. The molecule has 2 aliphatic rings. The third kappa shape index (κ3) is 5.59. The van der Waals surface area contributed by atoms with E-state index in [1.807, 2.05) is 7.05 Å². The van der Waals surface area contributed by atoms with E-state index >= 15 is 0 Å². The van der Waals surface area contributed by atoms with E-state index in [1.165, 1.54) is 29.4 Å². The molecule has 2 saturated heterocycles. The van der Waals surface area contributed by atoms with Crippen LogP contribution < -0.4 is 15.0 Å². The summed E-state index contributed by atoms with van der Waals surface area (Å²) in [6.07, 6.45) is -0.320. The molecule has 1 atom stereocenters. The number of pyridine rings is 1. The Morgan fingerprint density at radius 3 is 2.44 bits per heavy atom. The molecule has 0 spiro atoms. The van der Waals surface area contributed by atoms with Gasteiger partial charge in [0.05, 0.1) is 24.1 Å². The van der Waals surface area contributed by atoms with Crippen LogP contribution in [0, 0.1) is 5.92 Å². The van der Waals surface area contributed by atoms with E-state index in [0.29, 0.717) is 11.3 Å². The fraction of sp³-hybridized carbons (Fsp3) is 0.417. The summed E-state index contributed by atoms with van der Waals surface area (Å²) in [6.45, 7) is 3.26. The predicted molar refractivity (Wildman–Crippen MR) is 124 cm³/mol. The quantitative estimate of drug-likeness (QED) is 0.603. The number of anilines is 2. The van der Waals surface area contributed by atoms with Crippen molar-refractivity contribution in [1.29, 1.82) is 0 Å². The molecular weight excluding hydrogens is 479 g/mol. The molecule has 4 amide bonds. The average molecular weight is 505 g/mol. The number of likely N-dealkylation sites (tertiary alicyclic amines) is 1. The number of rotatable bonds is 6. The van der Waals surface area contributed by atoms with Crippen LogP contribution >= 0.6 is 0 Å². The van der Waals surface area contributed by atoms with Gasteiger partial charge in [0, 0.05) is 12.1 Å². The monoisotopic (exact) mass is 505 g/mol. The van der Waals surface area contributed by atoms with Crippen LogP contribution in [0.1, 0.15) is 25.3 Å². The summed E-state index contributed by atoms with van der Waals surface area (Å²) < 4.78 is 41.1. The van der Waals surface area contributed by atoms with Crippen LogP contribution in [-0.2, 0) is 16.1 Å². The second kappa shape index (κ2) is 10.1. The Morgan fingerprint density at radius 1 is 1.14 bits per heavy atom. The number of urea groups is 1. The number of aromatic nitrogens is 1. The molecule has 2 fully saturated rings. The van der Waals surface area contributed by atoms with Gasteiger partial charge in [-0.2, -0.15) is 0 Å². The van der Waals surface area contributed by atoms with Gasteiger partial charge in [-0.1, -0.05) is 0 Å². The molecule has 0 aliphatic carbocycles. The summed E-state index contributed by atoms with van der Waals surface area (Å²) >= 11 is 0. The third-order valence-electron chi connectivity index (χ3n) is 6.41. The van der Waals surface area contributed by atoms with E-state index in [1.54, 1.807) is 13.0 Å². The Morgan fingerprint density at radius 2 is 1.81 bits per heavy atom. The number of hydrogen-bond donors (Lipinski definition) is 1. The zero-order valence-corrected chi connectivity index (χ0v) is 19.8. The molecule has 9 nitrogen and oxygen atoms in total. The number of carbonyl (C=O) groups excluding carboxylic acids is 3. The van der Waals surface area contributed by atoms with Crippen LogP contribution in [0.4, 0.5) is 29.3 Å². The van der Waals surface area contributed by atoms with Gasteiger partial charge in [-0.25, -0.2) is 9.69 Å². The van der Waals surface area contributed by atoms with Gasteiger partial charge in [-0.05, 0) is 75.8 Å². The van der Waals surface area contributed by atoms with Gasteiger partial charge in [0.25, 0.3) is 5.91 Å². The van der Waals surface area contributed by atoms with Crippen LogP contribution in [0.5, 0.6) is 5.75 Å². The topological polar surface area (TPSA) is 95.1 Å². The fourth-order valence-electron chi connectivity index (χ4n) is 4.31. The predicted octanol–water partition coefficient (Wildman–Crippen LogP) is 3.62. The number of hydrogen-bond acceptors (Lipinski definition) is 6. The molecule has 2 aliphatic heterocycles. The van der Waals surface area contributed by atoms with Crippen molar-refractivity contribution in [2.45, 2.75) is 38.7 Å². The van der Waals surface area contributed by atoms with Gasteiger partial charge in [0.15, 0.2) is 0 Å². The fourth-order valence-corrected chi connectivity index (χ4v) is 4.31. The van der Waals surface area contributed by atoms with Crippen LogP contribution in [0.25, 0.3) is 0 Å². The highest BCUT2D eigenvalue weighted by molar-refractivity contribution is 6.21. The molecule has 36 heavy (non-hydrogen) atoms. The van der Waals surface area contributed by atoms with Gasteiger partial charge in [-0.3, -0.25) is 14.6 Å². The van der Waals surface area contributed by atoms with Gasteiger partial charge in [-0.15, -0.1) is 13.2 Å². The van der Waals surface area contributed by atoms with Crippen molar-refractivity contribution >= 4 is 29.2 Å². The molecule has 1 aromatic carbocycles. The van der Waals surface area contributed by atoms with Crippen LogP contribution in [0.15, 0.2) is 42.7 Å². The van der Waals surface area contributed by atoms with Crippen molar-refractivity contribution in [2.75, 3.05) is 30.4 Å². The minimum atomic E-state index is -4.85. The van der Waals surface area contributed by atoms with Gasteiger partial charge in [0.1, 0.15) is 11.8 Å². The van der Waals surface area contributed by atoms with Crippen LogP contribution in [0.3, 0.4) is 0 Å². The van der Waals surface area contributed by atoms with Gasteiger partial charge >= 0.3 is 12.4 Å². The van der Waals surface area contributed by atoms with Crippen LogP contribution in [-0.4, -0.2) is 65.2 Å². The highest BCUT2D eigenvalue weighted by Crippen LogP contribution is 2.31. The number of benzene rings is 1.